The van der Waals surface area contributed by atoms with Gasteiger partial charge in [0.15, 0.2) is 0 Å². The second-order valence-electron chi connectivity index (χ2n) is 6.79. The zero-order chi connectivity index (χ0) is 18.9. The SMILES string of the molecule is O=C(NCCSC1CCCCC1)c1cccc(OCc2ccccc2Cl)c1. The highest BCUT2D eigenvalue weighted by Crippen LogP contribution is 2.27. The lowest BCUT2D eigenvalue weighted by atomic mass is 10.0. The lowest BCUT2D eigenvalue weighted by Crippen LogP contribution is -2.26. The van der Waals surface area contributed by atoms with Gasteiger partial charge in [-0.05, 0) is 37.1 Å². The molecule has 1 aliphatic carbocycles. The summed E-state index contributed by atoms with van der Waals surface area (Å²) >= 11 is 8.15. The van der Waals surface area contributed by atoms with E-state index in [-0.39, 0.29) is 5.91 Å². The normalized spacial score (nSPS) is 14.7. The molecule has 1 N–H and O–H groups in total. The molecule has 0 heterocycles. The highest BCUT2D eigenvalue weighted by molar-refractivity contribution is 7.99. The average molecular weight is 404 g/mol. The van der Waals surface area contributed by atoms with Gasteiger partial charge in [0.1, 0.15) is 12.4 Å². The fourth-order valence-electron chi connectivity index (χ4n) is 3.23. The Morgan fingerprint density at radius 1 is 1.11 bits per heavy atom. The molecule has 0 aliphatic heterocycles. The number of hydrogen-bond acceptors (Lipinski definition) is 3. The second kappa shape index (κ2) is 10.6. The van der Waals surface area contributed by atoms with Crippen LogP contribution in [-0.2, 0) is 6.61 Å². The van der Waals surface area contributed by atoms with Gasteiger partial charge < -0.3 is 10.1 Å². The van der Waals surface area contributed by atoms with E-state index >= 15 is 0 Å². The molecule has 3 nitrogen and oxygen atoms in total. The van der Waals surface area contributed by atoms with Crippen molar-refractivity contribution >= 4 is 29.3 Å². The molecule has 0 saturated heterocycles. The molecule has 0 bridgehead atoms. The predicted molar refractivity (Wildman–Crippen MR) is 114 cm³/mol. The molecule has 1 amide bonds. The van der Waals surface area contributed by atoms with Gasteiger partial charge in [-0.2, -0.15) is 11.8 Å². The van der Waals surface area contributed by atoms with Gasteiger partial charge in [0.2, 0.25) is 0 Å². The summed E-state index contributed by atoms with van der Waals surface area (Å²) in [7, 11) is 0. The maximum absolute atomic E-state index is 12.4. The van der Waals surface area contributed by atoms with Crippen LogP contribution < -0.4 is 10.1 Å². The van der Waals surface area contributed by atoms with E-state index in [0.717, 1.165) is 16.6 Å². The molecule has 0 atom stereocenters. The van der Waals surface area contributed by atoms with Crippen molar-refractivity contribution in [2.45, 2.75) is 44.0 Å². The van der Waals surface area contributed by atoms with Gasteiger partial charge in [-0.25, -0.2) is 0 Å². The van der Waals surface area contributed by atoms with Crippen molar-refractivity contribution in [2.75, 3.05) is 12.3 Å². The van der Waals surface area contributed by atoms with Crippen LogP contribution in [0, 0.1) is 0 Å². The molecular formula is C22H26ClNO2S. The summed E-state index contributed by atoms with van der Waals surface area (Å²) in [6.07, 6.45) is 6.73. The third-order valence-electron chi connectivity index (χ3n) is 4.74. The van der Waals surface area contributed by atoms with Gasteiger partial charge in [-0.1, -0.05) is 55.1 Å². The van der Waals surface area contributed by atoms with Crippen LogP contribution in [0.15, 0.2) is 48.5 Å². The molecule has 3 rings (SSSR count). The summed E-state index contributed by atoms with van der Waals surface area (Å²) in [6, 6.07) is 14.9. The minimum Gasteiger partial charge on any atom is -0.489 e. The van der Waals surface area contributed by atoms with E-state index in [4.69, 9.17) is 16.3 Å². The first-order valence-corrected chi connectivity index (χ1v) is 11.0. The van der Waals surface area contributed by atoms with Crippen molar-refractivity contribution < 1.29 is 9.53 Å². The fraction of sp³-hybridized carbons (Fsp3) is 0.409. The first-order chi connectivity index (χ1) is 13.2. The van der Waals surface area contributed by atoms with Crippen LogP contribution in [0.1, 0.15) is 48.0 Å². The Labute approximate surface area is 170 Å². The van der Waals surface area contributed by atoms with Crippen LogP contribution in [0.4, 0.5) is 0 Å². The smallest absolute Gasteiger partial charge is 0.251 e. The average Bonchev–Trinajstić information content (AvgIpc) is 2.71. The number of carbonyl (C=O) groups is 1. The van der Waals surface area contributed by atoms with Crippen LogP contribution >= 0.6 is 23.4 Å². The predicted octanol–water partition coefficient (Wildman–Crippen LogP) is 5.71. The van der Waals surface area contributed by atoms with Crippen molar-refractivity contribution in [1.82, 2.24) is 5.32 Å². The molecule has 0 radical (unpaired) electrons. The quantitative estimate of drug-likeness (QED) is 0.573. The largest absolute Gasteiger partial charge is 0.489 e. The molecule has 1 saturated carbocycles. The summed E-state index contributed by atoms with van der Waals surface area (Å²) in [6.45, 7) is 1.08. The summed E-state index contributed by atoms with van der Waals surface area (Å²) in [5.74, 6) is 1.58. The van der Waals surface area contributed by atoms with Crippen LogP contribution in [0.25, 0.3) is 0 Å². The van der Waals surface area contributed by atoms with Crippen molar-refractivity contribution in [2.24, 2.45) is 0 Å². The zero-order valence-corrected chi connectivity index (χ0v) is 17.0. The Morgan fingerprint density at radius 2 is 1.93 bits per heavy atom. The van der Waals surface area contributed by atoms with Crippen molar-refractivity contribution in [1.29, 1.82) is 0 Å². The first kappa shape index (κ1) is 20.1. The number of rotatable bonds is 8. The lowest BCUT2D eigenvalue weighted by molar-refractivity contribution is 0.0955. The van der Waals surface area contributed by atoms with Crippen LogP contribution in [-0.4, -0.2) is 23.5 Å². The Balaban J connectivity index is 1.44. The Morgan fingerprint density at radius 3 is 2.74 bits per heavy atom. The highest BCUT2D eigenvalue weighted by Gasteiger charge is 2.13. The number of hydrogen-bond donors (Lipinski definition) is 1. The number of thioether (sulfide) groups is 1. The molecule has 0 spiro atoms. The monoisotopic (exact) mass is 403 g/mol. The Kier molecular flexibility index (Phi) is 7.91. The topological polar surface area (TPSA) is 38.3 Å². The number of amides is 1. The summed E-state index contributed by atoms with van der Waals surface area (Å²) in [4.78, 5) is 12.4. The third-order valence-corrected chi connectivity index (χ3v) is 6.49. The lowest BCUT2D eigenvalue weighted by Gasteiger charge is -2.20. The molecule has 0 aromatic heterocycles. The maximum atomic E-state index is 12.4. The summed E-state index contributed by atoms with van der Waals surface area (Å²) in [5.41, 5.74) is 1.54. The second-order valence-corrected chi connectivity index (χ2v) is 8.61. The van der Waals surface area contributed by atoms with E-state index in [2.05, 4.69) is 5.32 Å². The van der Waals surface area contributed by atoms with Crippen LogP contribution in [0.3, 0.4) is 0 Å². The molecule has 2 aromatic rings. The number of ether oxygens (including phenoxy) is 1. The van der Waals surface area contributed by atoms with E-state index in [1.807, 2.05) is 54.2 Å². The third kappa shape index (κ3) is 6.47. The minimum atomic E-state index is -0.0533. The van der Waals surface area contributed by atoms with E-state index in [1.165, 1.54) is 32.1 Å². The minimum absolute atomic E-state index is 0.0533. The molecule has 27 heavy (non-hydrogen) atoms. The molecule has 1 fully saturated rings. The first-order valence-electron chi connectivity index (χ1n) is 9.58. The maximum Gasteiger partial charge on any atom is 0.251 e. The van der Waals surface area contributed by atoms with Crippen LogP contribution in [0.2, 0.25) is 5.02 Å². The number of nitrogens with one attached hydrogen (secondary N) is 1. The van der Waals surface area contributed by atoms with E-state index in [0.29, 0.717) is 29.5 Å². The van der Waals surface area contributed by atoms with Gasteiger partial charge in [0.25, 0.3) is 5.91 Å². The molecule has 1 aliphatic rings. The van der Waals surface area contributed by atoms with Crippen LogP contribution in [0.5, 0.6) is 5.75 Å². The van der Waals surface area contributed by atoms with E-state index < -0.39 is 0 Å². The number of halogens is 1. The molecular weight excluding hydrogens is 378 g/mol. The number of carbonyl (C=O) groups excluding carboxylic acids is 1. The van der Waals surface area contributed by atoms with Gasteiger partial charge in [0, 0.05) is 33.7 Å². The zero-order valence-electron chi connectivity index (χ0n) is 15.5. The molecule has 2 aromatic carbocycles. The van der Waals surface area contributed by atoms with E-state index in [1.54, 1.807) is 6.07 Å². The van der Waals surface area contributed by atoms with Gasteiger partial charge >= 0.3 is 0 Å². The van der Waals surface area contributed by atoms with Gasteiger partial charge in [-0.3, -0.25) is 4.79 Å². The fourth-order valence-corrected chi connectivity index (χ4v) is 4.64. The Hall–Kier alpha value is -1.65. The van der Waals surface area contributed by atoms with Gasteiger partial charge in [-0.15, -0.1) is 0 Å². The molecule has 0 unspecified atom stereocenters. The number of benzene rings is 2. The molecule has 5 heteroatoms. The highest BCUT2D eigenvalue weighted by atomic mass is 35.5. The van der Waals surface area contributed by atoms with Crippen molar-refractivity contribution in [3.8, 4) is 5.75 Å². The van der Waals surface area contributed by atoms with Gasteiger partial charge in [0.05, 0.1) is 0 Å². The van der Waals surface area contributed by atoms with Crippen molar-refractivity contribution in [3.63, 3.8) is 0 Å². The summed E-state index contributed by atoms with van der Waals surface area (Å²) < 4.78 is 5.80. The van der Waals surface area contributed by atoms with E-state index in [9.17, 15) is 4.79 Å². The molecule has 144 valence electrons. The Bertz CT molecular complexity index is 747. The summed E-state index contributed by atoms with van der Waals surface area (Å²) in [5, 5.41) is 4.47. The standard InChI is InChI=1S/C22H26ClNO2S/c23-21-12-5-4-7-18(21)16-26-19-9-6-8-17(15-19)22(25)24-13-14-27-20-10-2-1-3-11-20/h4-9,12,15,20H,1-3,10-11,13-14,16H2,(H,24,25). The van der Waals surface area contributed by atoms with Crippen molar-refractivity contribution in [3.05, 3.63) is 64.7 Å².